The molecule has 0 bridgehead atoms. The van der Waals surface area contributed by atoms with Crippen LogP contribution >= 0.6 is 15.9 Å². The van der Waals surface area contributed by atoms with Crippen LogP contribution in [-0.2, 0) is 11.3 Å². The van der Waals surface area contributed by atoms with Gasteiger partial charge in [0.05, 0.1) is 18.5 Å². The van der Waals surface area contributed by atoms with Gasteiger partial charge in [-0.3, -0.25) is 0 Å². The Balaban J connectivity index is 2.15. The summed E-state index contributed by atoms with van der Waals surface area (Å²) in [5.41, 5.74) is 3.85. The highest BCUT2D eigenvalue weighted by Crippen LogP contribution is 2.05. The summed E-state index contributed by atoms with van der Waals surface area (Å²) in [6.07, 6.45) is -0.622. The lowest BCUT2D eigenvalue weighted by Gasteiger charge is -2.06. The van der Waals surface area contributed by atoms with E-state index in [0.29, 0.717) is 23.4 Å². The second kappa shape index (κ2) is 8.23. The van der Waals surface area contributed by atoms with Crippen molar-refractivity contribution in [2.75, 3.05) is 11.9 Å². The Morgan fingerprint density at radius 1 is 1.41 bits per heavy atom. The molecule has 1 amide bonds. The first-order chi connectivity index (χ1) is 10.7. The van der Waals surface area contributed by atoms with Crippen molar-refractivity contribution in [2.24, 2.45) is 5.10 Å². The number of nitrogens with zero attached hydrogens (tertiary/aromatic N) is 5. The van der Waals surface area contributed by atoms with Crippen LogP contribution in [0.1, 0.15) is 18.3 Å². The summed E-state index contributed by atoms with van der Waals surface area (Å²) in [6.45, 7) is 2.50. The third kappa shape index (κ3) is 4.35. The molecule has 0 saturated heterocycles. The number of tetrazole rings is 1. The summed E-state index contributed by atoms with van der Waals surface area (Å²) in [5.74, 6) is 0.470. The summed E-state index contributed by atoms with van der Waals surface area (Å²) in [7, 11) is 0. The number of amides is 1. The fourth-order valence-corrected chi connectivity index (χ4v) is 2.07. The van der Waals surface area contributed by atoms with Gasteiger partial charge in [0.25, 0.3) is 0 Å². The Hall–Kier alpha value is -2.29. The maximum absolute atomic E-state index is 11.3. The SMILES string of the molecule is CCOC(=O)N/N=C(/CBr)c1nnnn1Cc1ccccc1. The Labute approximate surface area is 135 Å². The third-order valence-electron chi connectivity index (χ3n) is 2.65. The lowest BCUT2D eigenvalue weighted by Crippen LogP contribution is -2.23. The average molecular weight is 367 g/mol. The van der Waals surface area contributed by atoms with Gasteiger partial charge in [-0.25, -0.2) is 14.9 Å². The number of carbonyl (C=O) groups excluding carboxylic acids is 1. The van der Waals surface area contributed by atoms with Crippen LogP contribution in [0.3, 0.4) is 0 Å². The van der Waals surface area contributed by atoms with Gasteiger partial charge in [-0.05, 0) is 22.9 Å². The van der Waals surface area contributed by atoms with Gasteiger partial charge in [0.1, 0.15) is 5.71 Å². The van der Waals surface area contributed by atoms with Crippen LogP contribution in [0.2, 0.25) is 0 Å². The van der Waals surface area contributed by atoms with Crippen LogP contribution < -0.4 is 5.43 Å². The van der Waals surface area contributed by atoms with Gasteiger partial charge < -0.3 is 4.74 Å². The summed E-state index contributed by atoms with van der Waals surface area (Å²) in [5, 5.41) is 15.9. The molecule has 116 valence electrons. The van der Waals surface area contributed by atoms with Crippen LogP contribution in [0.4, 0.5) is 4.79 Å². The summed E-state index contributed by atoms with van der Waals surface area (Å²) in [4.78, 5) is 11.3. The van der Waals surface area contributed by atoms with Crippen molar-refractivity contribution in [1.29, 1.82) is 0 Å². The molecule has 0 saturated carbocycles. The number of hydrogen-bond donors (Lipinski definition) is 1. The molecule has 9 heteroatoms. The minimum absolute atomic E-state index is 0.275. The zero-order valence-electron chi connectivity index (χ0n) is 11.9. The maximum Gasteiger partial charge on any atom is 0.427 e. The van der Waals surface area contributed by atoms with Gasteiger partial charge >= 0.3 is 6.09 Å². The molecule has 0 aliphatic rings. The number of ether oxygens (including phenoxy) is 1. The molecular weight excluding hydrogens is 352 g/mol. The minimum atomic E-state index is -0.622. The van der Waals surface area contributed by atoms with Crippen molar-refractivity contribution < 1.29 is 9.53 Å². The fraction of sp³-hybridized carbons (Fsp3) is 0.308. The van der Waals surface area contributed by atoms with Crippen molar-refractivity contribution in [1.82, 2.24) is 25.6 Å². The smallest absolute Gasteiger partial charge is 0.427 e. The molecule has 2 rings (SSSR count). The molecule has 1 aromatic carbocycles. The number of rotatable bonds is 6. The Morgan fingerprint density at radius 2 is 2.18 bits per heavy atom. The van der Waals surface area contributed by atoms with Gasteiger partial charge in [0.15, 0.2) is 5.82 Å². The molecule has 22 heavy (non-hydrogen) atoms. The topological polar surface area (TPSA) is 94.3 Å². The van der Waals surface area contributed by atoms with E-state index < -0.39 is 6.09 Å². The van der Waals surface area contributed by atoms with E-state index in [4.69, 9.17) is 4.74 Å². The number of aromatic nitrogens is 4. The number of nitrogens with one attached hydrogen (secondary N) is 1. The summed E-state index contributed by atoms with van der Waals surface area (Å²) < 4.78 is 6.36. The lowest BCUT2D eigenvalue weighted by molar-refractivity contribution is 0.152. The Morgan fingerprint density at radius 3 is 2.86 bits per heavy atom. The first-order valence-electron chi connectivity index (χ1n) is 6.60. The number of alkyl halides is 1. The van der Waals surface area contributed by atoms with Crippen LogP contribution in [0, 0.1) is 0 Å². The first kappa shape index (κ1) is 16.1. The predicted octanol–water partition coefficient (Wildman–Crippen LogP) is 1.57. The minimum Gasteiger partial charge on any atom is -0.449 e. The van der Waals surface area contributed by atoms with E-state index >= 15 is 0 Å². The molecule has 0 atom stereocenters. The monoisotopic (exact) mass is 366 g/mol. The van der Waals surface area contributed by atoms with Crippen molar-refractivity contribution in [3.8, 4) is 0 Å². The van der Waals surface area contributed by atoms with E-state index in [2.05, 4.69) is 42.0 Å². The van der Waals surface area contributed by atoms with Gasteiger partial charge in [0, 0.05) is 0 Å². The second-order valence-corrected chi connectivity index (χ2v) is 4.73. The molecule has 2 aromatic rings. The predicted molar refractivity (Wildman–Crippen MR) is 83.8 cm³/mol. The molecule has 1 N–H and O–H groups in total. The van der Waals surface area contributed by atoms with E-state index in [-0.39, 0.29) is 6.61 Å². The number of carbonyl (C=O) groups is 1. The molecule has 8 nitrogen and oxygen atoms in total. The van der Waals surface area contributed by atoms with Gasteiger partial charge in [-0.15, -0.1) is 5.10 Å². The zero-order valence-corrected chi connectivity index (χ0v) is 13.5. The molecule has 0 unspecified atom stereocenters. The highest BCUT2D eigenvalue weighted by molar-refractivity contribution is 9.09. The lowest BCUT2D eigenvalue weighted by atomic mass is 10.2. The van der Waals surface area contributed by atoms with Crippen LogP contribution in [0.5, 0.6) is 0 Å². The van der Waals surface area contributed by atoms with Crippen molar-refractivity contribution in [3.63, 3.8) is 0 Å². The van der Waals surface area contributed by atoms with Gasteiger partial charge in [-0.1, -0.05) is 46.3 Å². The van der Waals surface area contributed by atoms with E-state index in [0.717, 1.165) is 5.56 Å². The standard InChI is InChI=1S/C13H15BrN6O2/c1-2-22-13(21)17-15-11(8-14)12-16-18-19-20(12)9-10-6-4-3-5-7-10/h3-7H,2,8-9H2,1H3,(H,17,21)/b15-11-. The molecule has 0 fully saturated rings. The number of benzene rings is 1. The van der Waals surface area contributed by atoms with Crippen molar-refractivity contribution in [2.45, 2.75) is 13.5 Å². The maximum atomic E-state index is 11.3. The van der Waals surface area contributed by atoms with Crippen LogP contribution in [0.15, 0.2) is 35.4 Å². The molecule has 0 aliphatic carbocycles. The van der Waals surface area contributed by atoms with Crippen molar-refractivity contribution >= 4 is 27.7 Å². The summed E-state index contributed by atoms with van der Waals surface area (Å²) >= 11 is 3.31. The summed E-state index contributed by atoms with van der Waals surface area (Å²) in [6, 6.07) is 9.79. The van der Waals surface area contributed by atoms with Crippen LogP contribution in [0.25, 0.3) is 0 Å². The number of hydrazone groups is 1. The Kier molecular flexibility index (Phi) is 6.01. The Bertz CT molecular complexity index is 643. The van der Waals surface area contributed by atoms with E-state index in [9.17, 15) is 4.79 Å². The molecule has 0 spiro atoms. The molecule has 0 aliphatic heterocycles. The second-order valence-electron chi connectivity index (χ2n) is 4.17. The highest BCUT2D eigenvalue weighted by Gasteiger charge is 2.14. The van der Waals surface area contributed by atoms with Crippen molar-refractivity contribution in [3.05, 3.63) is 41.7 Å². The first-order valence-corrected chi connectivity index (χ1v) is 7.72. The van der Waals surface area contributed by atoms with E-state index in [1.165, 1.54) is 0 Å². The van der Waals surface area contributed by atoms with E-state index in [1.54, 1.807) is 11.6 Å². The van der Waals surface area contributed by atoms with E-state index in [1.807, 2.05) is 30.3 Å². The normalized spacial score (nSPS) is 11.3. The van der Waals surface area contributed by atoms with Gasteiger partial charge in [-0.2, -0.15) is 5.10 Å². The quantitative estimate of drug-likeness (QED) is 0.475. The molecule has 1 heterocycles. The molecule has 1 aromatic heterocycles. The molecular formula is C13H15BrN6O2. The number of halogens is 1. The highest BCUT2D eigenvalue weighted by atomic mass is 79.9. The molecule has 0 radical (unpaired) electrons. The largest absolute Gasteiger partial charge is 0.449 e. The number of hydrogen-bond acceptors (Lipinski definition) is 6. The van der Waals surface area contributed by atoms with Crippen LogP contribution in [-0.4, -0.2) is 43.9 Å². The average Bonchev–Trinajstić information content (AvgIpc) is 2.97. The zero-order chi connectivity index (χ0) is 15.8. The third-order valence-corrected chi connectivity index (χ3v) is 3.18. The fourth-order valence-electron chi connectivity index (χ4n) is 1.69. The van der Waals surface area contributed by atoms with Gasteiger partial charge in [0.2, 0.25) is 0 Å².